The minimum absolute atomic E-state index is 0.0184. The monoisotopic (exact) mass is 295 g/mol. The van der Waals surface area contributed by atoms with Crippen LogP contribution in [-0.4, -0.2) is 41.8 Å². The molecule has 0 saturated heterocycles. The molecule has 0 radical (unpaired) electrons. The summed E-state index contributed by atoms with van der Waals surface area (Å²) in [5.74, 6) is -0.500. The van der Waals surface area contributed by atoms with Crippen LogP contribution in [0.5, 0.6) is 0 Å². The maximum absolute atomic E-state index is 11.6. The topological polar surface area (TPSA) is 101 Å². The normalized spacial score (nSPS) is 10.4. The van der Waals surface area contributed by atoms with Gasteiger partial charge in [0.15, 0.2) is 0 Å². The molecule has 7 nitrogen and oxygen atoms in total. The van der Waals surface area contributed by atoms with Crippen molar-refractivity contribution in [1.29, 1.82) is 0 Å². The van der Waals surface area contributed by atoms with Gasteiger partial charge in [-0.3, -0.25) is 4.98 Å². The van der Waals surface area contributed by atoms with Gasteiger partial charge in [-0.1, -0.05) is 13.8 Å². The smallest absolute Gasteiger partial charge is 0.337 e. The highest BCUT2D eigenvalue weighted by atomic mass is 16.5. The van der Waals surface area contributed by atoms with Gasteiger partial charge in [0, 0.05) is 19.3 Å². The zero-order valence-corrected chi connectivity index (χ0v) is 12.3. The lowest BCUT2D eigenvalue weighted by atomic mass is 10.1. The highest BCUT2D eigenvalue weighted by molar-refractivity contribution is 5.92. The van der Waals surface area contributed by atoms with Crippen molar-refractivity contribution < 1.29 is 19.4 Å². The van der Waals surface area contributed by atoms with Crippen molar-refractivity contribution in [1.82, 2.24) is 10.3 Å². The number of anilines is 1. The highest BCUT2D eigenvalue weighted by Crippen LogP contribution is 2.07. The fraction of sp³-hybridized carbons (Fsp3) is 0.500. The Morgan fingerprint density at radius 3 is 2.76 bits per heavy atom. The fourth-order valence-corrected chi connectivity index (χ4v) is 1.46. The number of hydrogen-bond acceptors (Lipinski definition) is 4. The van der Waals surface area contributed by atoms with E-state index < -0.39 is 12.0 Å². The van der Waals surface area contributed by atoms with Crippen LogP contribution in [0.25, 0.3) is 0 Å². The number of aromatic carboxylic acids is 1. The molecule has 1 aromatic heterocycles. The molecule has 1 rings (SSSR count). The molecule has 0 aliphatic rings. The van der Waals surface area contributed by atoms with E-state index in [9.17, 15) is 9.59 Å². The van der Waals surface area contributed by atoms with Crippen molar-refractivity contribution in [2.24, 2.45) is 5.92 Å². The Morgan fingerprint density at radius 2 is 2.10 bits per heavy atom. The fourth-order valence-electron chi connectivity index (χ4n) is 1.46. The highest BCUT2D eigenvalue weighted by Gasteiger charge is 2.06. The first kappa shape index (κ1) is 16.9. The molecule has 0 spiro atoms. The standard InChI is InChI=1S/C14H21N3O4/c1-10(2)3-5-21-6-4-16-14(20)17-12-7-11(13(18)19)8-15-9-12/h7-10H,3-6H2,1-2H3,(H,18,19)(H2,16,17,20). The lowest BCUT2D eigenvalue weighted by Gasteiger charge is -2.09. The maximum atomic E-state index is 11.6. The molecule has 7 heteroatoms. The van der Waals surface area contributed by atoms with Crippen molar-refractivity contribution in [2.45, 2.75) is 20.3 Å². The summed E-state index contributed by atoms with van der Waals surface area (Å²) in [4.78, 5) is 26.1. The Balaban J connectivity index is 2.24. The molecule has 0 atom stereocenters. The average molecular weight is 295 g/mol. The van der Waals surface area contributed by atoms with Crippen molar-refractivity contribution in [2.75, 3.05) is 25.1 Å². The van der Waals surface area contributed by atoms with Gasteiger partial charge in [-0.15, -0.1) is 0 Å². The molecular weight excluding hydrogens is 274 g/mol. The van der Waals surface area contributed by atoms with Gasteiger partial charge in [0.2, 0.25) is 0 Å². The molecule has 0 aliphatic carbocycles. The minimum Gasteiger partial charge on any atom is -0.478 e. The van der Waals surface area contributed by atoms with Gasteiger partial charge in [-0.25, -0.2) is 9.59 Å². The summed E-state index contributed by atoms with van der Waals surface area (Å²) in [7, 11) is 0. The molecule has 1 heterocycles. The van der Waals surface area contributed by atoms with E-state index in [0.29, 0.717) is 31.4 Å². The van der Waals surface area contributed by atoms with E-state index in [-0.39, 0.29) is 5.56 Å². The molecule has 0 fully saturated rings. The average Bonchev–Trinajstić information content (AvgIpc) is 2.42. The molecule has 3 N–H and O–H groups in total. The number of nitrogens with one attached hydrogen (secondary N) is 2. The van der Waals surface area contributed by atoms with Crippen LogP contribution in [0.15, 0.2) is 18.5 Å². The van der Waals surface area contributed by atoms with E-state index in [1.54, 1.807) is 0 Å². The molecule has 2 amide bonds. The second-order valence-electron chi connectivity index (χ2n) is 4.94. The number of carbonyl (C=O) groups excluding carboxylic acids is 1. The number of carbonyl (C=O) groups is 2. The van der Waals surface area contributed by atoms with E-state index in [1.807, 2.05) is 0 Å². The van der Waals surface area contributed by atoms with Gasteiger partial charge in [-0.2, -0.15) is 0 Å². The molecule has 0 saturated carbocycles. The van der Waals surface area contributed by atoms with E-state index in [2.05, 4.69) is 29.5 Å². The Labute approximate surface area is 123 Å². The number of aromatic nitrogens is 1. The van der Waals surface area contributed by atoms with Crippen LogP contribution in [0.4, 0.5) is 10.5 Å². The van der Waals surface area contributed by atoms with Crippen LogP contribution in [0.3, 0.4) is 0 Å². The van der Waals surface area contributed by atoms with Crippen LogP contribution < -0.4 is 10.6 Å². The molecule has 1 aromatic rings. The third kappa shape index (κ3) is 7.26. The SMILES string of the molecule is CC(C)CCOCCNC(=O)Nc1cncc(C(=O)O)c1. The van der Waals surface area contributed by atoms with Gasteiger partial charge in [-0.05, 0) is 18.4 Å². The first-order valence-corrected chi connectivity index (χ1v) is 6.80. The Hall–Kier alpha value is -2.15. The number of carboxylic acids is 1. The summed E-state index contributed by atoms with van der Waals surface area (Å²) in [6.07, 6.45) is 3.58. The van der Waals surface area contributed by atoms with Crippen LogP contribution in [0, 0.1) is 5.92 Å². The Bertz CT molecular complexity index is 477. The number of hydrogen-bond donors (Lipinski definition) is 3. The first-order valence-electron chi connectivity index (χ1n) is 6.80. The van der Waals surface area contributed by atoms with Gasteiger partial charge < -0.3 is 20.5 Å². The Morgan fingerprint density at radius 1 is 1.33 bits per heavy atom. The predicted octanol–water partition coefficient (Wildman–Crippen LogP) is 1.96. The van der Waals surface area contributed by atoms with Gasteiger partial charge in [0.05, 0.1) is 24.1 Å². The van der Waals surface area contributed by atoms with Crippen LogP contribution in [0.2, 0.25) is 0 Å². The summed E-state index contributed by atoms with van der Waals surface area (Å²) >= 11 is 0. The zero-order valence-electron chi connectivity index (χ0n) is 12.3. The molecular formula is C14H21N3O4. The first-order chi connectivity index (χ1) is 9.99. The summed E-state index contributed by atoms with van der Waals surface area (Å²) in [5.41, 5.74) is 0.345. The van der Waals surface area contributed by atoms with Gasteiger partial charge >= 0.3 is 12.0 Å². The van der Waals surface area contributed by atoms with Crippen molar-refractivity contribution in [3.63, 3.8) is 0 Å². The number of pyridine rings is 1. The largest absolute Gasteiger partial charge is 0.478 e. The maximum Gasteiger partial charge on any atom is 0.337 e. The third-order valence-corrected chi connectivity index (χ3v) is 2.61. The van der Waals surface area contributed by atoms with Gasteiger partial charge in [0.25, 0.3) is 0 Å². The number of urea groups is 1. The predicted molar refractivity (Wildman–Crippen MR) is 78.5 cm³/mol. The van der Waals surface area contributed by atoms with Crippen LogP contribution in [-0.2, 0) is 4.74 Å². The van der Waals surface area contributed by atoms with Crippen LogP contribution in [0.1, 0.15) is 30.6 Å². The Kier molecular flexibility index (Phi) is 7.17. The summed E-state index contributed by atoms with van der Waals surface area (Å²) < 4.78 is 5.36. The number of ether oxygens (including phenoxy) is 1. The summed E-state index contributed by atoms with van der Waals surface area (Å²) in [6.45, 7) is 5.73. The minimum atomic E-state index is -1.09. The lowest BCUT2D eigenvalue weighted by Crippen LogP contribution is -2.31. The second kappa shape index (κ2) is 8.91. The van der Waals surface area contributed by atoms with Crippen molar-refractivity contribution >= 4 is 17.7 Å². The zero-order chi connectivity index (χ0) is 15.7. The van der Waals surface area contributed by atoms with E-state index >= 15 is 0 Å². The number of nitrogens with zero attached hydrogens (tertiary/aromatic N) is 1. The van der Waals surface area contributed by atoms with Gasteiger partial charge in [0.1, 0.15) is 0 Å². The molecule has 0 aromatic carbocycles. The van der Waals surface area contributed by atoms with Crippen molar-refractivity contribution in [3.8, 4) is 0 Å². The molecule has 0 aliphatic heterocycles. The van der Waals surface area contributed by atoms with Crippen molar-refractivity contribution in [3.05, 3.63) is 24.0 Å². The number of amides is 2. The second-order valence-corrected chi connectivity index (χ2v) is 4.94. The van der Waals surface area contributed by atoms with E-state index in [0.717, 1.165) is 6.42 Å². The molecule has 0 unspecified atom stereocenters. The van der Waals surface area contributed by atoms with Crippen LogP contribution >= 0.6 is 0 Å². The lowest BCUT2D eigenvalue weighted by molar-refractivity contribution is 0.0696. The third-order valence-electron chi connectivity index (χ3n) is 2.61. The van der Waals surface area contributed by atoms with E-state index in [4.69, 9.17) is 9.84 Å². The molecule has 0 bridgehead atoms. The summed E-state index contributed by atoms with van der Waals surface area (Å²) in [6, 6.07) is 0.917. The van der Waals surface area contributed by atoms with E-state index in [1.165, 1.54) is 18.5 Å². The quantitative estimate of drug-likeness (QED) is 0.636. The summed E-state index contributed by atoms with van der Waals surface area (Å²) in [5, 5.41) is 14.0. The number of rotatable bonds is 8. The number of carboxylic acid groups (broad SMARTS) is 1. The molecule has 116 valence electrons. The molecule has 21 heavy (non-hydrogen) atoms.